The number of carbonyl (C=O) groups excluding carboxylic acids is 3. The summed E-state index contributed by atoms with van der Waals surface area (Å²) in [5.74, 6) is -1.33. The summed E-state index contributed by atoms with van der Waals surface area (Å²) < 4.78 is 5.12. The Kier molecular flexibility index (Phi) is 4.26. The van der Waals surface area contributed by atoms with Crippen LogP contribution in [0.3, 0.4) is 0 Å². The first-order chi connectivity index (χ1) is 9.93. The molecule has 112 valence electrons. The van der Waals surface area contributed by atoms with Crippen molar-refractivity contribution < 1.29 is 19.1 Å². The van der Waals surface area contributed by atoms with E-state index in [0.29, 0.717) is 5.75 Å². The van der Waals surface area contributed by atoms with Gasteiger partial charge in [0.05, 0.1) is 13.7 Å². The number of hydrogen-bond donors (Lipinski definition) is 1. The van der Waals surface area contributed by atoms with Gasteiger partial charge in [-0.15, -0.1) is 0 Å². The molecule has 1 heterocycles. The van der Waals surface area contributed by atoms with Crippen LogP contribution < -0.4 is 10.1 Å². The molecular weight excluding hydrogens is 272 g/mol. The lowest BCUT2D eigenvalue weighted by atomic mass is 9.92. The van der Waals surface area contributed by atoms with Gasteiger partial charge in [0.25, 0.3) is 0 Å². The fraction of sp³-hybridized carbons (Fsp3) is 0.400. The van der Waals surface area contributed by atoms with Crippen molar-refractivity contribution in [3.8, 4) is 5.75 Å². The highest BCUT2D eigenvalue weighted by Crippen LogP contribution is 2.21. The van der Waals surface area contributed by atoms with E-state index in [1.165, 1.54) is 0 Å². The maximum Gasteiger partial charge on any atom is 0.331 e. The quantitative estimate of drug-likeness (QED) is 0.854. The summed E-state index contributed by atoms with van der Waals surface area (Å²) in [4.78, 5) is 37.1. The third kappa shape index (κ3) is 3.04. The molecule has 2 rings (SSSR count). The van der Waals surface area contributed by atoms with E-state index < -0.39 is 23.8 Å². The molecule has 1 aliphatic rings. The average molecular weight is 290 g/mol. The molecule has 0 radical (unpaired) electrons. The van der Waals surface area contributed by atoms with Gasteiger partial charge < -0.3 is 4.74 Å². The zero-order chi connectivity index (χ0) is 15.6. The van der Waals surface area contributed by atoms with E-state index in [2.05, 4.69) is 5.32 Å². The molecule has 1 atom stereocenters. The minimum Gasteiger partial charge on any atom is -0.497 e. The van der Waals surface area contributed by atoms with Crippen LogP contribution in [0.4, 0.5) is 4.79 Å². The Bertz CT molecular complexity index is 583. The Morgan fingerprint density at radius 3 is 2.62 bits per heavy atom. The van der Waals surface area contributed by atoms with Crippen LogP contribution in [0.5, 0.6) is 5.75 Å². The van der Waals surface area contributed by atoms with Gasteiger partial charge in [0.15, 0.2) is 0 Å². The first-order valence-corrected chi connectivity index (χ1v) is 6.73. The van der Waals surface area contributed by atoms with Crippen LogP contribution in [-0.2, 0) is 16.1 Å². The van der Waals surface area contributed by atoms with Gasteiger partial charge in [0.1, 0.15) is 11.7 Å². The van der Waals surface area contributed by atoms with Crippen LogP contribution in [0, 0.1) is 11.8 Å². The van der Waals surface area contributed by atoms with Gasteiger partial charge in [-0.25, -0.2) is 4.79 Å². The molecule has 1 aromatic rings. The van der Waals surface area contributed by atoms with Crippen LogP contribution in [0.1, 0.15) is 19.4 Å². The largest absolute Gasteiger partial charge is 0.497 e. The van der Waals surface area contributed by atoms with Crippen molar-refractivity contribution in [1.29, 1.82) is 0 Å². The molecule has 6 heteroatoms. The van der Waals surface area contributed by atoms with Crippen LogP contribution in [-0.4, -0.2) is 29.9 Å². The number of amides is 4. The summed E-state index contributed by atoms with van der Waals surface area (Å²) in [5, 5.41) is 2.24. The Morgan fingerprint density at radius 2 is 2.00 bits per heavy atom. The maximum absolute atomic E-state index is 12.4. The molecule has 1 N–H and O–H groups in total. The Labute approximate surface area is 123 Å². The van der Waals surface area contributed by atoms with Gasteiger partial charge in [-0.1, -0.05) is 26.0 Å². The molecule has 21 heavy (non-hydrogen) atoms. The number of carbonyl (C=O) groups is 3. The second-order valence-electron chi connectivity index (χ2n) is 5.29. The van der Waals surface area contributed by atoms with Gasteiger partial charge in [0.2, 0.25) is 11.8 Å². The molecule has 1 unspecified atom stereocenters. The highest BCUT2D eigenvalue weighted by molar-refractivity contribution is 6.16. The van der Waals surface area contributed by atoms with Crippen molar-refractivity contribution in [3.63, 3.8) is 0 Å². The number of benzene rings is 1. The fourth-order valence-electron chi connectivity index (χ4n) is 2.32. The number of nitrogens with one attached hydrogen (secondary N) is 1. The highest BCUT2D eigenvalue weighted by Gasteiger charge is 2.41. The lowest BCUT2D eigenvalue weighted by Gasteiger charge is -2.31. The maximum atomic E-state index is 12.4. The number of rotatable bonds is 4. The molecule has 0 spiro atoms. The van der Waals surface area contributed by atoms with E-state index in [-0.39, 0.29) is 12.5 Å². The molecule has 0 aliphatic carbocycles. The summed E-state index contributed by atoms with van der Waals surface area (Å²) >= 11 is 0. The van der Waals surface area contributed by atoms with Crippen molar-refractivity contribution >= 4 is 17.8 Å². The summed E-state index contributed by atoms with van der Waals surface area (Å²) in [6.07, 6.45) is 0. The van der Waals surface area contributed by atoms with Gasteiger partial charge in [-0.3, -0.25) is 19.8 Å². The predicted octanol–water partition coefficient (Wildman–Crippen LogP) is 1.55. The Balaban J connectivity index is 2.23. The topological polar surface area (TPSA) is 75.7 Å². The number of ether oxygens (including phenoxy) is 1. The van der Waals surface area contributed by atoms with E-state index >= 15 is 0 Å². The number of imide groups is 2. The van der Waals surface area contributed by atoms with Crippen LogP contribution in [0.25, 0.3) is 0 Å². The Morgan fingerprint density at radius 1 is 1.29 bits per heavy atom. The Hall–Kier alpha value is -2.37. The molecule has 1 aromatic carbocycles. The van der Waals surface area contributed by atoms with E-state index in [1.807, 2.05) is 0 Å². The molecule has 0 aromatic heterocycles. The minimum atomic E-state index is -0.826. The number of methoxy groups -OCH3 is 1. The van der Waals surface area contributed by atoms with E-state index in [9.17, 15) is 14.4 Å². The number of nitrogens with zero attached hydrogens (tertiary/aromatic N) is 1. The zero-order valence-corrected chi connectivity index (χ0v) is 12.3. The lowest BCUT2D eigenvalue weighted by Crippen LogP contribution is -2.58. The smallest absolute Gasteiger partial charge is 0.331 e. The summed E-state index contributed by atoms with van der Waals surface area (Å²) in [6, 6.07) is 6.43. The third-order valence-corrected chi connectivity index (χ3v) is 3.43. The molecule has 4 amide bonds. The minimum absolute atomic E-state index is 0.109. The van der Waals surface area contributed by atoms with Crippen LogP contribution in [0.2, 0.25) is 0 Å². The van der Waals surface area contributed by atoms with Gasteiger partial charge in [-0.2, -0.15) is 0 Å². The summed E-state index contributed by atoms with van der Waals surface area (Å²) in [7, 11) is 1.55. The molecule has 1 aliphatic heterocycles. The van der Waals surface area contributed by atoms with E-state index in [4.69, 9.17) is 4.74 Å². The van der Waals surface area contributed by atoms with Gasteiger partial charge in [0, 0.05) is 0 Å². The second kappa shape index (κ2) is 5.95. The van der Waals surface area contributed by atoms with Crippen LogP contribution in [0.15, 0.2) is 24.3 Å². The summed E-state index contributed by atoms with van der Waals surface area (Å²) in [5.41, 5.74) is 0.759. The zero-order valence-electron chi connectivity index (χ0n) is 12.3. The first kappa shape index (κ1) is 15.0. The lowest BCUT2D eigenvalue weighted by molar-refractivity contribution is -0.144. The third-order valence-electron chi connectivity index (χ3n) is 3.43. The normalized spacial score (nSPS) is 19.0. The monoisotopic (exact) mass is 290 g/mol. The second-order valence-corrected chi connectivity index (χ2v) is 5.29. The van der Waals surface area contributed by atoms with Gasteiger partial charge in [-0.05, 0) is 23.6 Å². The van der Waals surface area contributed by atoms with Crippen molar-refractivity contribution in [2.75, 3.05) is 7.11 Å². The fourth-order valence-corrected chi connectivity index (χ4v) is 2.32. The predicted molar refractivity (Wildman–Crippen MR) is 75.4 cm³/mol. The van der Waals surface area contributed by atoms with E-state index in [0.717, 1.165) is 10.5 Å². The molecule has 1 saturated heterocycles. The average Bonchev–Trinajstić information content (AvgIpc) is 2.43. The number of barbiturate groups is 1. The molecular formula is C15H18N2O4. The number of urea groups is 1. The highest BCUT2D eigenvalue weighted by atomic mass is 16.5. The summed E-state index contributed by atoms with van der Waals surface area (Å²) in [6.45, 7) is 3.67. The number of hydrogen-bond acceptors (Lipinski definition) is 4. The van der Waals surface area contributed by atoms with Crippen molar-refractivity contribution in [2.24, 2.45) is 11.8 Å². The molecule has 6 nitrogen and oxygen atoms in total. The van der Waals surface area contributed by atoms with Crippen molar-refractivity contribution in [2.45, 2.75) is 20.4 Å². The standard InChI is InChI=1S/C15H18N2O4/c1-9(2)12-13(18)16-15(20)17(14(12)19)8-10-5-4-6-11(7-10)21-3/h4-7,9,12H,8H2,1-3H3,(H,16,18,20). The van der Waals surface area contributed by atoms with E-state index in [1.54, 1.807) is 45.2 Å². The molecule has 0 bridgehead atoms. The van der Waals surface area contributed by atoms with Crippen LogP contribution >= 0.6 is 0 Å². The first-order valence-electron chi connectivity index (χ1n) is 6.73. The van der Waals surface area contributed by atoms with Gasteiger partial charge >= 0.3 is 6.03 Å². The molecule has 1 fully saturated rings. The SMILES string of the molecule is COc1cccc(CN2C(=O)NC(=O)C(C(C)C)C2=O)c1. The van der Waals surface area contributed by atoms with Crippen molar-refractivity contribution in [1.82, 2.24) is 10.2 Å². The van der Waals surface area contributed by atoms with Crippen molar-refractivity contribution in [3.05, 3.63) is 29.8 Å². The molecule has 0 saturated carbocycles.